The zero-order valence-corrected chi connectivity index (χ0v) is 34.4. The molecule has 4 aromatic rings. The fourth-order valence-electron chi connectivity index (χ4n) is 3.36. The standard InChI is InChI=1S/C14H11Cl6N3O.C14H11Cl6N3S/c2*1-2-7-24-9-5-3-8(4-6-9)10-21-11(13(15,16)17)23-12(22-10)14(18,19)20/h2*3-6H,2,7H2,1H3. The average molecular weight is 916 g/mol. The maximum atomic E-state index is 5.87. The van der Waals surface area contributed by atoms with Crippen molar-refractivity contribution in [2.45, 2.75) is 46.8 Å². The van der Waals surface area contributed by atoms with Crippen molar-refractivity contribution >= 4 is 151 Å². The lowest BCUT2D eigenvalue weighted by Crippen LogP contribution is -2.16. The number of nitrogens with zero attached hydrogens (tertiary/aromatic N) is 6. The third-order valence-electron chi connectivity index (χ3n) is 5.46. The van der Waals surface area contributed by atoms with Crippen LogP contribution in [0.25, 0.3) is 22.8 Å². The quantitative estimate of drug-likeness (QED) is 0.128. The lowest BCUT2D eigenvalue weighted by atomic mass is 10.2. The smallest absolute Gasteiger partial charge is 0.250 e. The molecular formula is C28H22Cl12N6OS. The van der Waals surface area contributed by atoms with Crippen LogP contribution in [0.2, 0.25) is 0 Å². The molecule has 0 fully saturated rings. The van der Waals surface area contributed by atoms with Gasteiger partial charge in [-0.1, -0.05) is 165 Å². The number of aromatic nitrogens is 6. The number of thioether (sulfide) groups is 1. The second-order valence-electron chi connectivity index (χ2n) is 9.35. The number of hydrogen-bond acceptors (Lipinski definition) is 8. The minimum atomic E-state index is -1.88. The third-order valence-corrected chi connectivity index (χ3v) is 8.70. The Balaban J connectivity index is 0.000000260. The Hall–Kier alpha value is 0.0900. The first-order valence-electron chi connectivity index (χ1n) is 13.5. The molecule has 0 saturated carbocycles. The van der Waals surface area contributed by atoms with Crippen molar-refractivity contribution in [3.05, 3.63) is 71.8 Å². The van der Waals surface area contributed by atoms with Crippen LogP contribution in [0.4, 0.5) is 0 Å². The summed E-state index contributed by atoms with van der Waals surface area (Å²) in [6.07, 6.45) is 2.01. The van der Waals surface area contributed by atoms with Crippen molar-refractivity contribution in [2.24, 2.45) is 0 Å². The highest BCUT2D eigenvalue weighted by molar-refractivity contribution is 7.99. The lowest BCUT2D eigenvalue weighted by molar-refractivity contribution is 0.317. The highest BCUT2D eigenvalue weighted by Gasteiger charge is 2.35. The molecule has 2 heterocycles. The van der Waals surface area contributed by atoms with E-state index in [1.807, 2.05) is 31.2 Å². The molecule has 0 atom stereocenters. The Morgan fingerprint density at radius 2 is 0.854 bits per heavy atom. The minimum Gasteiger partial charge on any atom is -0.494 e. The summed E-state index contributed by atoms with van der Waals surface area (Å²) >= 11 is 72.1. The largest absolute Gasteiger partial charge is 0.494 e. The van der Waals surface area contributed by atoms with Gasteiger partial charge in [-0.3, -0.25) is 0 Å². The molecule has 260 valence electrons. The van der Waals surface area contributed by atoms with Gasteiger partial charge in [0.1, 0.15) is 5.75 Å². The van der Waals surface area contributed by atoms with Gasteiger partial charge < -0.3 is 4.74 Å². The first-order chi connectivity index (χ1) is 22.2. The molecule has 0 aliphatic heterocycles. The summed E-state index contributed by atoms with van der Waals surface area (Å²) in [4.78, 5) is 25.6. The normalized spacial score (nSPS) is 12.4. The molecule has 0 aliphatic rings. The molecule has 48 heavy (non-hydrogen) atoms. The third kappa shape index (κ3) is 13.3. The van der Waals surface area contributed by atoms with Crippen molar-refractivity contribution in [2.75, 3.05) is 12.4 Å². The Bertz CT molecular complexity index is 1450. The van der Waals surface area contributed by atoms with Gasteiger partial charge in [-0.2, -0.15) is 0 Å². The molecule has 4 rings (SSSR count). The van der Waals surface area contributed by atoms with E-state index in [9.17, 15) is 0 Å². The molecule has 0 aliphatic carbocycles. The van der Waals surface area contributed by atoms with E-state index < -0.39 is 15.2 Å². The van der Waals surface area contributed by atoms with Gasteiger partial charge in [-0.25, -0.2) is 29.9 Å². The van der Waals surface area contributed by atoms with Gasteiger partial charge in [0.25, 0.3) is 0 Å². The van der Waals surface area contributed by atoms with E-state index in [-0.39, 0.29) is 34.9 Å². The molecule has 0 unspecified atom stereocenters. The van der Waals surface area contributed by atoms with Gasteiger partial charge in [0.05, 0.1) is 6.61 Å². The topological polar surface area (TPSA) is 86.6 Å². The molecule has 0 amide bonds. The van der Waals surface area contributed by atoms with E-state index in [0.717, 1.165) is 29.2 Å². The number of halogens is 12. The molecule has 0 radical (unpaired) electrons. The molecule has 0 N–H and O–H groups in total. The maximum Gasteiger partial charge on any atom is 0.250 e. The van der Waals surface area contributed by atoms with E-state index >= 15 is 0 Å². The van der Waals surface area contributed by atoms with E-state index in [4.69, 9.17) is 144 Å². The Kier molecular flexibility index (Phi) is 16.1. The molecule has 2 aromatic carbocycles. The zero-order valence-electron chi connectivity index (χ0n) is 24.5. The summed E-state index contributed by atoms with van der Waals surface area (Å²) in [7, 11) is 0. The molecule has 0 saturated heterocycles. The summed E-state index contributed by atoms with van der Waals surface area (Å²) in [6.45, 7) is 4.78. The predicted molar refractivity (Wildman–Crippen MR) is 204 cm³/mol. The van der Waals surface area contributed by atoms with Crippen LogP contribution in [0.3, 0.4) is 0 Å². The summed E-state index contributed by atoms with van der Waals surface area (Å²) < 4.78 is -1.97. The minimum absolute atomic E-state index is 0.108. The molecule has 0 bridgehead atoms. The fraction of sp³-hybridized carbons (Fsp3) is 0.357. The Morgan fingerprint density at radius 1 is 0.500 bits per heavy atom. The van der Waals surface area contributed by atoms with Crippen LogP contribution >= 0.6 is 151 Å². The SMILES string of the molecule is CCCOc1ccc(-c2nc(C(Cl)(Cl)Cl)nc(C(Cl)(Cl)Cl)n2)cc1.CCCSc1ccc(-c2nc(C(Cl)(Cl)Cl)nc(C(Cl)(Cl)Cl)n2)cc1. The molecule has 7 nitrogen and oxygen atoms in total. The summed E-state index contributed by atoms with van der Waals surface area (Å²) in [5.74, 6) is 1.76. The monoisotopic (exact) mass is 910 g/mol. The summed E-state index contributed by atoms with van der Waals surface area (Å²) in [5, 5.41) is 0. The molecule has 2 aromatic heterocycles. The number of benzene rings is 2. The maximum absolute atomic E-state index is 5.87. The van der Waals surface area contributed by atoms with Crippen molar-refractivity contribution in [3.63, 3.8) is 0 Å². The van der Waals surface area contributed by atoms with Gasteiger partial charge in [-0.15, -0.1) is 11.8 Å². The van der Waals surface area contributed by atoms with Crippen molar-refractivity contribution in [1.29, 1.82) is 0 Å². The van der Waals surface area contributed by atoms with Gasteiger partial charge in [0.2, 0.25) is 15.2 Å². The lowest BCUT2D eigenvalue weighted by Gasteiger charge is -2.15. The summed E-state index contributed by atoms with van der Waals surface area (Å²) in [6, 6.07) is 14.7. The first-order valence-corrected chi connectivity index (χ1v) is 19.0. The Labute approximate surface area is 341 Å². The number of ether oxygens (including phenoxy) is 1. The highest BCUT2D eigenvalue weighted by atomic mass is 35.6. The molecule has 20 heteroatoms. The molecular weight excluding hydrogens is 894 g/mol. The van der Waals surface area contributed by atoms with Crippen LogP contribution in [0, 0.1) is 0 Å². The van der Waals surface area contributed by atoms with Gasteiger partial charge >= 0.3 is 0 Å². The van der Waals surface area contributed by atoms with Crippen LogP contribution in [0.1, 0.15) is 50.0 Å². The van der Waals surface area contributed by atoms with Crippen LogP contribution in [-0.2, 0) is 15.2 Å². The highest BCUT2D eigenvalue weighted by Crippen LogP contribution is 2.42. The number of rotatable bonds is 8. The van der Waals surface area contributed by atoms with Gasteiger partial charge in [0, 0.05) is 16.0 Å². The first kappa shape index (κ1) is 42.5. The number of alkyl halides is 12. The van der Waals surface area contributed by atoms with Crippen LogP contribution in [-0.4, -0.2) is 42.3 Å². The Morgan fingerprint density at radius 3 is 1.17 bits per heavy atom. The van der Waals surface area contributed by atoms with Crippen LogP contribution < -0.4 is 4.74 Å². The average Bonchev–Trinajstić information content (AvgIpc) is 3.01. The second-order valence-corrected chi connectivity index (χ2v) is 19.6. The molecule has 0 spiro atoms. The zero-order chi connectivity index (χ0) is 35.9. The second kappa shape index (κ2) is 18.2. The van der Waals surface area contributed by atoms with Gasteiger partial charge in [0.15, 0.2) is 34.9 Å². The van der Waals surface area contributed by atoms with E-state index in [0.29, 0.717) is 17.7 Å². The van der Waals surface area contributed by atoms with E-state index in [1.165, 1.54) is 0 Å². The van der Waals surface area contributed by atoms with Crippen molar-refractivity contribution < 1.29 is 4.74 Å². The van der Waals surface area contributed by atoms with Crippen LogP contribution in [0.15, 0.2) is 53.4 Å². The fourth-order valence-corrected chi connectivity index (χ4v) is 5.14. The number of hydrogen-bond donors (Lipinski definition) is 0. The van der Waals surface area contributed by atoms with E-state index in [1.54, 1.807) is 36.0 Å². The summed E-state index contributed by atoms with van der Waals surface area (Å²) in [5.41, 5.74) is 1.33. The predicted octanol–water partition coefficient (Wildman–Crippen LogP) is 12.7. The van der Waals surface area contributed by atoms with Crippen molar-refractivity contribution in [3.8, 4) is 28.5 Å². The van der Waals surface area contributed by atoms with Crippen molar-refractivity contribution in [1.82, 2.24) is 29.9 Å². The van der Waals surface area contributed by atoms with Crippen LogP contribution in [0.5, 0.6) is 5.75 Å². The van der Waals surface area contributed by atoms with Gasteiger partial charge in [-0.05, 0) is 55.0 Å². The van der Waals surface area contributed by atoms with E-state index in [2.05, 4.69) is 36.8 Å².